The Balaban J connectivity index is 1.97. The van der Waals surface area contributed by atoms with Crippen LogP contribution in [-0.4, -0.2) is 23.0 Å². The molecule has 84 valence electrons. The maximum atomic E-state index is 8.63. The number of nitrogens with zero attached hydrogens (tertiary/aromatic N) is 3. The molecule has 0 aliphatic carbocycles. The van der Waals surface area contributed by atoms with Gasteiger partial charge in [-0.3, -0.25) is 9.88 Å². The zero-order valence-corrected chi connectivity index (χ0v) is 9.52. The summed E-state index contributed by atoms with van der Waals surface area (Å²) in [5, 5.41) is 8.63. The first-order valence-electron chi connectivity index (χ1n) is 5.91. The highest BCUT2D eigenvalue weighted by Gasteiger charge is 2.10. The summed E-state index contributed by atoms with van der Waals surface area (Å²) in [4.78, 5) is 6.66. The van der Waals surface area contributed by atoms with Crippen LogP contribution in [0.15, 0.2) is 18.3 Å². The summed E-state index contributed by atoms with van der Waals surface area (Å²) in [5.74, 6) is 0. The minimum atomic E-state index is 0.411. The van der Waals surface area contributed by atoms with Crippen molar-refractivity contribution in [3.05, 3.63) is 29.6 Å². The lowest BCUT2D eigenvalue weighted by atomic mass is 10.1. The van der Waals surface area contributed by atoms with Crippen molar-refractivity contribution in [2.24, 2.45) is 0 Å². The van der Waals surface area contributed by atoms with Crippen molar-refractivity contribution in [1.82, 2.24) is 9.88 Å². The Morgan fingerprint density at radius 1 is 1.31 bits per heavy atom. The Morgan fingerprint density at radius 3 is 2.88 bits per heavy atom. The molecule has 1 saturated heterocycles. The second-order valence-electron chi connectivity index (χ2n) is 4.33. The Labute approximate surface area is 96.7 Å². The van der Waals surface area contributed by atoms with E-state index in [4.69, 9.17) is 5.26 Å². The van der Waals surface area contributed by atoms with E-state index >= 15 is 0 Å². The van der Waals surface area contributed by atoms with Gasteiger partial charge >= 0.3 is 0 Å². The third-order valence-electron chi connectivity index (χ3n) is 3.00. The van der Waals surface area contributed by atoms with E-state index in [1.807, 2.05) is 6.20 Å². The highest BCUT2D eigenvalue weighted by Crippen LogP contribution is 2.13. The van der Waals surface area contributed by atoms with Crippen LogP contribution in [0.2, 0.25) is 0 Å². The fourth-order valence-electron chi connectivity index (χ4n) is 2.18. The molecule has 2 heterocycles. The van der Waals surface area contributed by atoms with Crippen molar-refractivity contribution in [3.8, 4) is 6.07 Å². The van der Waals surface area contributed by atoms with Gasteiger partial charge < -0.3 is 0 Å². The minimum Gasteiger partial charge on any atom is -0.299 e. The third-order valence-corrected chi connectivity index (χ3v) is 3.00. The van der Waals surface area contributed by atoms with Gasteiger partial charge in [0, 0.05) is 12.7 Å². The minimum absolute atomic E-state index is 0.411. The SMILES string of the molecule is N#CCc1cc(CN2CCCCC2)ccn1. The van der Waals surface area contributed by atoms with Crippen molar-refractivity contribution in [2.45, 2.75) is 32.2 Å². The van der Waals surface area contributed by atoms with E-state index in [1.54, 1.807) is 0 Å². The van der Waals surface area contributed by atoms with Crippen LogP contribution in [0.3, 0.4) is 0 Å². The highest BCUT2D eigenvalue weighted by molar-refractivity contribution is 5.18. The van der Waals surface area contributed by atoms with E-state index in [0.717, 1.165) is 12.2 Å². The Hall–Kier alpha value is -1.40. The van der Waals surface area contributed by atoms with Crippen LogP contribution in [0.4, 0.5) is 0 Å². The quantitative estimate of drug-likeness (QED) is 0.775. The normalized spacial score (nSPS) is 16.9. The molecule has 1 fully saturated rings. The van der Waals surface area contributed by atoms with E-state index in [-0.39, 0.29) is 0 Å². The molecule has 0 bridgehead atoms. The molecule has 3 heteroatoms. The number of hydrogen-bond acceptors (Lipinski definition) is 3. The number of rotatable bonds is 3. The van der Waals surface area contributed by atoms with Crippen LogP contribution < -0.4 is 0 Å². The van der Waals surface area contributed by atoms with E-state index < -0.39 is 0 Å². The zero-order valence-electron chi connectivity index (χ0n) is 9.52. The predicted octanol–water partition coefficient (Wildman–Crippen LogP) is 2.13. The fraction of sp³-hybridized carbons (Fsp3) is 0.538. The van der Waals surface area contributed by atoms with Crippen LogP contribution >= 0.6 is 0 Å². The van der Waals surface area contributed by atoms with E-state index in [0.29, 0.717) is 6.42 Å². The molecule has 0 aromatic carbocycles. The molecular formula is C13H17N3. The molecular weight excluding hydrogens is 198 g/mol. The second-order valence-corrected chi connectivity index (χ2v) is 4.33. The van der Waals surface area contributed by atoms with Gasteiger partial charge in [0.05, 0.1) is 18.2 Å². The molecule has 1 aliphatic rings. The number of piperidine rings is 1. The van der Waals surface area contributed by atoms with E-state index in [2.05, 4.69) is 28.1 Å². The summed E-state index contributed by atoms with van der Waals surface area (Å²) in [7, 11) is 0. The first-order chi connectivity index (χ1) is 7.88. The molecule has 1 aliphatic heterocycles. The lowest BCUT2D eigenvalue weighted by molar-refractivity contribution is 0.221. The molecule has 1 aromatic heterocycles. The highest BCUT2D eigenvalue weighted by atomic mass is 15.1. The van der Waals surface area contributed by atoms with Gasteiger partial charge in [-0.1, -0.05) is 6.42 Å². The van der Waals surface area contributed by atoms with Crippen molar-refractivity contribution in [3.63, 3.8) is 0 Å². The van der Waals surface area contributed by atoms with Crippen molar-refractivity contribution in [2.75, 3.05) is 13.1 Å². The summed E-state index contributed by atoms with van der Waals surface area (Å²) < 4.78 is 0. The molecule has 0 unspecified atom stereocenters. The van der Waals surface area contributed by atoms with Gasteiger partial charge in [-0.25, -0.2) is 0 Å². The zero-order chi connectivity index (χ0) is 11.2. The summed E-state index contributed by atoms with van der Waals surface area (Å²) in [6, 6.07) is 6.24. The molecule has 3 nitrogen and oxygen atoms in total. The average molecular weight is 215 g/mol. The summed E-state index contributed by atoms with van der Waals surface area (Å²) in [5.41, 5.74) is 2.17. The Morgan fingerprint density at radius 2 is 2.12 bits per heavy atom. The van der Waals surface area contributed by atoms with Gasteiger partial charge in [-0.2, -0.15) is 5.26 Å². The van der Waals surface area contributed by atoms with Crippen LogP contribution in [0, 0.1) is 11.3 Å². The number of pyridine rings is 1. The number of hydrogen-bond donors (Lipinski definition) is 0. The average Bonchev–Trinajstić information content (AvgIpc) is 2.31. The maximum absolute atomic E-state index is 8.63. The monoisotopic (exact) mass is 215 g/mol. The number of nitriles is 1. The largest absolute Gasteiger partial charge is 0.299 e. The smallest absolute Gasteiger partial charge is 0.0774 e. The molecule has 16 heavy (non-hydrogen) atoms. The van der Waals surface area contributed by atoms with Gasteiger partial charge in [0.15, 0.2) is 0 Å². The lowest BCUT2D eigenvalue weighted by Crippen LogP contribution is -2.29. The van der Waals surface area contributed by atoms with E-state index in [9.17, 15) is 0 Å². The van der Waals surface area contributed by atoms with Gasteiger partial charge in [0.2, 0.25) is 0 Å². The lowest BCUT2D eigenvalue weighted by Gasteiger charge is -2.26. The molecule has 0 amide bonds. The molecule has 1 aromatic rings. The fourth-order valence-corrected chi connectivity index (χ4v) is 2.18. The van der Waals surface area contributed by atoms with Gasteiger partial charge in [-0.05, 0) is 43.6 Å². The van der Waals surface area contributed by atoms with Gasteiger partial charge in [0.1, 0.15) is 0 Å². The summed E-state index contributed by atoms with van der Waals surface area (Å²) >= 11 is 0. The van der Waals surface area contributed by atoms with Crippen molar-refractivity contribution in [1.29, 1.82) is 5.26 Å². The predicted molar refractivity (Wildman–Crippen MR) is 62.7 cm³/mol. The molecule has 0 spiro atoms. The first kappa shape index (κ1) is 11.1. The Bertz CT molecular complexity index is 375. The summed E-state index contributed by atoms with van der Waals surface area (Å²) in [6.07, 6.45) is 6.22. The molecule has 0 atom stereocenters. The first-order valence-corrected chi connectivity index (χ1v) is 5.91. The van der Waals surface area contributed by atoms with E-state index in [1.165, 1.54) is 37.9 Å². The molecule has 0 radical (unpaired) electrons. The van der Waals surface area contributed by atoms with Gasteiger partial charge in [0.25, 0.3) is 0 Å². The van der Waals surface area contributed by atoms with Crippen molar-refractivity contribution >= 4 is 0 Å². The van der Waals surface area contributed by atoms with Crippen LogP contribution in [0.5, 0.6) is 0 Å². The maximum Gasteiger partial charge on any atom is 0.0774 e. The number of likely N-dealkylation sites (tertiary alicyclic amines) is 1. The van der Waals surface area contributed by atoms with Crippen LogP contribution in [0.25, 0.3) is 0 Å². The molecule has 0 saturated carbocycles. The van der Waals surface area contributed by atoms with Gasteiger partial charge in [-0.15, -0.1) is 0 Å². The molecule has 0 N–H and O–H groups in total. The standard InChI is InChI=1S/C13H17N3/c14-6-4-13-10-12(5-7-15-13)11-16-8-2-1-3-9-16/h5,7,10H,1-4,8-9,11H2. The number of aromatic nitrogens is 1. The van der Waals surface area contributed by atoms with Crippen molar-refractivity contribution < 1.29 is 0 Å². The van der Waals surface area contributed by atoms with Crippen LogP contribution in [-0.2, 0) is 13.0 Å². The summed E-state index contributed by atoms with van der Waals surface area (Å²) in [6.45, 7) is 3.41. The second kappa shape index (κ2) is 5.62. The topological polar surface area (TPSA) is 39.9 Å². The molecule has 2 rings (SSSR count). The third kappa shape index (κ3) is 3.04. The van der Waals surface area contributed by atoms with Crippen LogP contribution in [0.1, 0.15) is 30.5 Å². The Kier molecular flexibility index (Phi) is 3.90.